The highest BCUT2D eigenvalue weighted by Gasteiger charge is 1.71. The van der Waals surface area contributed by atoms with E-state index in [4.69, 9.17) is 0 Å². The second kappa shape index (κ2) is 7.18. The van der Waals surface area contributed by atoms with Gasteiger partial charge in [-0.15, -0.1) is 18.2 Å². The molecule has 0 N–H and O–H groups in total. The molecular formula is C6H10S2. The summed E-state index contributed by atoms with van der Waals surface area (Å²) in [5, 5.41) is 1.96. The van der Waals surface area contributed by atoms with Crippen molar-refractivity contribution in [2.45, 2.75) is 12.8 Å². The van der Waals surface area contributed by atoms with Crippen LogP contribution in [0.25, 0.3) is 0 Å². The Balaban J connectivity index is 2.90. The van der Waals surface area contributed by atoms with Gasteiger partial charge >= 0.3 is 0 Å². The molecule has 0 saturated carbocycles. The lowest BCUT2D eigenvalue weighted by molar-refractivity contribution is 1.06. The van der Waals surface area contributed by atoms with E-state index in [1.54, 1.807) is 0 Å². The molecule has 46 valence electrons. The van der Waals surface area contributed by atoms with Crippen molar-refractivity contribution in [2.24, 2.45) is 0 Å². The monoisotopic (exact) mass is 146 g/mol. The highest BCUT2D eigenvalue weighted by Crippen LogP contribution is 2.06. The zero-order valence-corrected chi connectivity index (χ0v) is 6.42. The number of hydrogen-bond donors (Lipinski definition) is 1. The van der Waals surface area contributed by atoms with Crippen molar-refractivity contribution in [2.75, 3.05) is 0 Å². The molecule has 0 bridgehead atoms. The maximum absolute atomic E-state index is 3.93. The van der Waals surface area contributed by atoms with Crippen molar-refractivity contribution in [3.05, 3.63) is 24.1 Å². The van der Waals surface area contributed by atoms with E-state index in [0.29, 0.717) is 0 Å². The van der Waals surface area contributed by atoms with Gasteiger partial charge < -0.3 is 0 Å². The van der Waals surface area contributed by atoms with Crippen molar-refractivity contribution in [3.8, 4) is 0 Å². The molecule has 0 aliphatic carbocycles. The van der Waals surface area contributed by atoms with E-state index in [9.17, 15) is 0 Å². The van der Waals surface area contributed by atoms with Crippen LogP contribution in [-0.4, -0.2) is 0 Å². The molecule has 0 rings (SSSR count). The molecule has 0 spiro atoms. The highest BCUT2D eigenvalue weighted by atomic mass is 33.1. The normalized spacial score (nSPS) is 10.1. The van der Waals surface area contributed by atoms with E-state index < -0.39 is 0 Å². The van der Waals surface area contributed by atoms with Gasteiger partial charge in [0.2, 0.25) is 0 Å². The largest absolute Gasteiger partial charge is 0.107 e. The first-order valence-electron chi connectivity index (χ1n) is 2.48. The molecule has 8 heavy (non-hydrogen) atoms. The molecule has 2 heteroatoms. The van der Waals surface area contributed by atoms with Crippen LogP contribution >= 0.6 is 22.5 Å². The molecule has 0 atom stereocenters. The second-order valence-electron chi connectivity index (χ2n) is 1.34. The summed E-state index contributed by atoms with van der Waals surface area (Å²) < 4.78 is 0. The molecule has 0 saturated heterocycles. The zero-order chi connectivity index (χ0) is 6.24. The standard InChI is InChI=1S/C6H10S2/c1-2-3-4-5-6-8-7/h2,5-7H,1,3-4H2. The van der Waals surface area contributed by atoms with Crippen molar-refractivity contribution in [1.29, 1.82) is 0 Å². The molecule has 0 unspecified atom stereocenters. The zero-order valence-electron chi connectivity index (χ0n) is 4.71. The van der Waals surface area contributed by atoms with Gasteiger partial charge in [-0.25, -0.2) is 0 Å². The van der Waals surface area contributed by atoms with Gasteiger partial charge in [0.05, 0.1) is 0 Å². The third-order valence-corrected chi connectivity index (χ3v) is 1.37. The number of rotatable bonds is 4. The van der Waals surface area contributed by atoms with E-state index in [0.717, 1.165) is 12.8 Å². The number of allylic oxidation sites excluding steroid dienone is 2. The summed E-state index contributed by atoms with van der Waals surface area (Å²) in [4.78, 5) is 0. The third-order valence-electron chi connectivity index (χ3n) is 0.695. The molecule has 0 aliphatic heterocycles. The average Bonchev–Trinajstić information content (AvgIpc) is 1.81. The Morgan fingerprint density at radius 2 is 2.25 bits per heavy atom. The quantitative estimate of drug-likeness (QED) is 0.275. The van der Waals surface area contributed by atoms with Gasteiger partial charge in [0.1, 0.15) is 0 Å². The van der Waals surface area contributed by atoms with Gasteiger partial charge in [0.15, 0.2) is 0 Å². The van der Waals surface area contributed by atoms with Crippen molar-refractivity contribution >= 4 is 22.5 Å². The lowest BCUT2D eigenvalue weighted by Gasteiger charge is -1.81. The number of thiol groups is 1. The number of unbranched alkanes of at least 4 members (excludes halogenated alkanes) is 1. The van der Waals surface area contributed by atoms with Crippen molar-refractivity contribution < 1.29 is 0 Å². The summed E-state index contributed by atoms with van der Waals surface area (Å²) in [6.07, 6.45) is 6.13. The van der Waals surface area contributed by atoms with E-state index in [1.807, 2.05) is 11.5 Å². The van der Waals surface area contributed by atoms with E-state index in [1.165, 1.54) is 10.8 Å². The minimum absolute atomic E-state index is 1.06. The SMILES string of the molecule is C=CCCC=CSS. The maximum Gasteiger partial charge on any atom is -0.0224 e. The molecule has 0 aromatic heterocycles. The Hall–Kier alpha value is 0.180. The molecule has 0 heterocycles. The van der Waals surface area contributed by atoms with Crippen LogP contribution in [-0.2, 0) is 0 Å². The highest BCUT2D eigenvalue weighted by molar-refractivity contribution is 8.69. The van der Waals surface area contributed by atoms with Crippen molar-refractivity contribution in [3.63, 3.8) is 0 Å². The van der Waals surface area contributed by atoms with Crippen LogP contribution in [0.15, 0.2) is 24.1 Å². The molecule has 0 fully saturated rings. The van der Waals surface area contributed by atoms with E-state index in [2.05, 4.69) is 24.3 Å². The topological polar surface area (TPSA) is 0 Å². The third kappa shape index (κ3) is 6.18. The van der Waals surface area contributed by atoms with Gasteiger partial charge in [-0.3, -0.25) is 0 Å². The van der Waals surface area contributed by atoms with Crippen LogP contribution in [0, 0.1) is 0 Å². The molecule has 0 amide bonds. The van der Waals surface area contributed by atoms with Gasteiger partial charge in [-0.1, -0.05) is 22.9 Å². The molecule has 0 aromatic carbocycles. The fourth-order valence-electron chi connectivity index (χ4n) is 0.325. The summed E-state index contributed by atoms with van der Waals surface area (Å²) in [6.45, 7) is 3.60. The molecular weight excluding hydrogens is 136 g/mol. The minimum atomic E-state index is 1.06. The van der Waals surface area contributed by atoms with Gasteiger partial charge in [0, 0.05) is 0 Å². The van der Waals surface area contributed by atoms with Crippen molar-refractivity contribution in [1.82, 2.24) is 0 Å². The molecule has 0 nitrogen and oxygen atoms in total. The second-order valence-corrected chi connectivity index (χ2v) is 2.46. The van der Waals surface area contributed by atoms with E-state index >= 15 is 0 Å². The fourth-order valence-corrected chi connectivity index (χ4v) is 0.805. The fraction of sp³-hybridized carbons (Fsp3) is 0.333. The summed E-state index contributed by atoms with van der Waals surface area (Å²) in [7, 11) is 1.43. The predicted octanol–water partition coefficient (Wildman–Crippen LogP) is 3.04. The summed E-state index contributed by atoms with van der Waals surface area (Å²) in [5.74, 6) is 0. The van der Waals surface area contributed by atoms with Crippen LogP contribution < -0.4 is 0 Å². The first-order valence-corrected chi connectivity index (χ1v) is 4.41. The minimum Gasteiger partial charge on any atom is -0.107 e. The Kier molecular flexibility index (Phi) is 7.34. The van der Waals surface area contributed by atoms with Gasteiger partial charge in [-0.05, 0) is 18.2 Å². The van der Waals surface area contributed by atoms with Gasteiger partial charge in [0.25, 0.3) is 0 Å². The predicted molar refractivity (Wildman–Crippen MR) is 45.1 cm³/mol. The van der Waals surface area contributed by atoms with Crippen LogP contribution in [0.5, 0.6) is 0 Å². The van der Waals surface area contributed by atoms with Crippen LogP contribution in [0.1, 0.15) is 12.8 Å². The first-order chi connectivity index (χ1) is 3.91. The Labute approximate surface area is 59.9 Å². The Morgan fingerprint density at radius 1 is 1.50 bits per heavy atom. The van der Waals surface area contributed by atoms with Crippen LogP contribution in [0.2, 0.25) is 0 Å². The summed E-state index contributed by atoms with van der Waals surface area (Å²) >= 11 is 3.93. The lowest BCUT2D eigenvalue weighted by Crippen LogP contribution is -1.58. The van der Waals surface area contributed by atoms with Crippen LogP contribution in [0.3, 0.4) is 0 Å². The Morgan fingerprint density at radius 3 is 2.75 bits per heavy atom. The van der Waals surface area contributed by atoms with Gasteiger partial charge in [-0.2, -0.15) is 0 Å². The maximum atomic E-state index is 3.93. The average molecular weight is 146 g/mol. The Bertz CT molecular complexity index is 76.6. The summed E-state index contributed by atoms with van der Waals surface area (Å²) in [5.41, 5.74) is 0. The van der Waals surface area contributed by atoms with Crippen LogP contribution in [0.4, 0.5) is 0 Å². The molecule has 0 aromatic rings. The number of hydrogen-bond acceptors (Lipinski definition) is 2. The first kappa shape index (κ1) is 8.18. The smallest absolute Gasteiger partial charge is 0.0224 e. The molecule has 0 radical (unpaired) electrons. The summed E-state index contributed by atoms with van der Waals surface area (Å²) in [6, 6.07) is 0. The molecule has 0 aliphatic rings. The lowest BCUT2D eigenvalue weighted by atomic mass is 10.3. The van der Waals surface area contributed by atoms with E-state index in [-0.39, 0.29) is 0 Å².